The zero-order chi connectivity index (χ0) is 11.8. The van der Waals surface area contributed by atoms with Gasteiger partial charge in [0.1, 0.15) is 0 Å². The molecule has 0 aromatic carbocycles. The van der Waals surface area contributed by atoms with E-state index in [1.165, 1.54) is 12.3 Å². The number of halogens is 2. The topological polar surface area (TPSA) is 24.9 Å². The van der Waals surface area contributed by atoms with Gasteiger partial charge in [-0.05, 0) is 24.6 Å². The minimum Gasteiger partial charge on any atom is -0.358 e. The van der Waals surface area contributed by atoms with E-state index < -0.39 is 5.95 Å². The normalized spacial score (nSPS) is 22.2. The fourth-order valence-corrected chi connectivity index (χ4v) is 2.28. The second-order valence-electron chi connectivity index (χ2n) is 4.11. The molecule has 2 nitrogen and oxygen atoms in total. The summed E-state index contributed by atoms with van der Waals surface area (Å²) in [5.74, 6) is -0.119. The second kappa shape index (κ2) is 4.00. The van der Waals surface area contributed by atoms with Gasteiger partial charge in [-0.25, -0.2) is 4.98 Å². The first-order valence-electron chi connectivity index (χ1n) is 5.40. The van der Waals surface area contributed by atoms with Crippen molar-refractivity contribution in [1.29, 1.82) is 0 Å². The van der Waals surface area contributed by atoms with Crippen molar-refractivity contribution in [3.63, 3.8) is 0 Å². The van der Waals surface area contributed by atoms with Gasteiger partial charge in [-0.3, -0.25) is 0 Å². The molecule has 0 spiro atoms. The number of allylic oxidation sites excluding steroid dienone is 4. The summed E-state index contributed by atoms with van der Waals surface area (Å²) < 4.78 is 12.7. The van der Waals surface area contributed by atoms with E-state index in [0.29, 0.717) is 5.92 Å². The van der Waals surface area contributed by atoms with Gasteiger partial charge in [0, 0.05) is 34.1 Å². The number of hydrogen-bond donors (Lipinski definition) is 1. The highest BCUT2D eigenvalue weighted by Gasteiger charge is 2.23. The Morgan fingerprint density at radius 2 is 2.29 bits per heavy atom. The summed E-state index contributed by atoms with van der Waals surface area (Å²) in [6.45, 7) is 0. The smallest absolute Gasteiger partial charge is 0.212 e. The zero-order valence-corrected chi connectivity index (χ0v) is 9.71. The van der Waals surface area contributed by atoms with Crippen LogP contribution in [-0.2, 0) is 0 Å². The van der Waals surface area contributed by atoms with Crippen LogP contribution in [-0.4, -0.2) is 4.98 Å². The number of fused-ring (bicyclic) bond motifs is 1. The molecule has 0 radical (unpaired) electrons. The van der Waals surface area contributed by atoms with Crippen LogP contribution in [0, 0.1) is 11.9 Å². The molecule has 0 fully saturated rings. The average molecular weight is 249 g/mol. The molecule has 1 aromatic rings. The summed E-state index contributed by atoms with van der Waals surface area (Å²) >= 11 is 5.96. The van der Waals surface area contributed by atoms with Gasteiger partial charge >= 0.3 is 0 Å². The highest BCUT2D eigenvalue weighted by atomic mass is 35.5. The van der Waals surface area contributed by atoms with Crippen molar-refractivity contribution in [2.24, 2.45) is 5.92 Å². The monoisotopic (exact) mass is 248 g/mol. The minimum atomic E-state index is -0.464. The van der Waals surface area contributed by atoms with E-state index in [1.807, 2.05) is 12.2 Å². The molecule has 1 aliphatic carbocycles. The van der Waals surface area contributed by atoms with Crippen molar-refractivity contribution in [2.75, 3.05) is 0 Å². The van der Waals surface area contributed by atoms with E-state index in [0.717, 1.165) is 28.4 Å². The SMILES string of the molecule is Fc1ccc(C2=CC3CC=C(Cl)C=C3N2)cn1. The molecule has 86 valence electrons. The van der Waals surface area contributed by atoms with Gasteiger partial charge in [-0.15, -0.1) is 0 Å². The molecule has 3 rings (SSSR count). The van der Waals surface area contributed by atoms with Crippen LogP contribution in [0.5, 0.6) is 0 Å². The molecule has 1 unspecified atom stereocenters. The molecule has 1 aromatic heterocycles. The lowest BCUT2D eigenvalue weighted by atomic mass is 9.99. The Labute approximate surface area is 104 Å². The predicted octanol–water partition coefficient (Wildman–Crippen LogP) is 3.19. The van der Waals surface area contributed by atoms with Gasteiger partial charge in [0.15, 0.2) is 0 Å². The van der Waals surface area contributed by atoms with Gasteiger partial charge in [0.2, 0.25) is 5.95 Å². The molecule has 1 atom stereocenters. The van der Waals surface area contributed by atoms with Crippen LogP contribution in [0.15, 0.2) is 47.3 Å². The number of nitrogens with zero attached hydrogens (tertiary/aromatic N) is 1. The second-order valence-corrected chi connectivity index (χ2v) is 4.54. The van der Waals surface area contributed by atoms with Crippen molar-refractivity contribution in [1.82, 2.24) is 10.3 Å². The van der Waals surface area contributed by atoms with Crippen LogP contribution in [0.1, 0.15) is 12.0 Å². The van der Waals surface area contributed by atoms with Crippen LogP contribution in [0.25, 0.3) is 5.70 Å². The number of hydrogen-bond acceptors (Lipinski definition) is 2. The maximum atomic E-state index is 12.7. The third-order valence-electron chi connectivity index (χ3n) is 2.94. The van der Waals surface area contributed by atoms with E-state index >= 15 is 0 Å². The van der Waals surface area contributed by atoms with Gasteiger partial charge in [0.25, 0.3) is 0 Å². The van der Waals surface area contributed by atoms with Gasteiger partial charge in [-0.2, -0.15) is 4.39 Å². The van der Waals surface area contributed by atoms with Gasteiger partial charge < -0.3 is 5.32 Å². The van der Waals surface area contributed by atoms with E-state index in [4.69, 9.17) is 11.6 Å². The molecule has 2 aliphatic rings. The largest absolute Gasteiger partial charge is 0.358 e. The molecule has 17 heavy (non-hydrogen) atoms. The standard InChI is InChI=1S/C13H10ClFN2/c14-10-3-1-8-5-11(17-12(8)6-10)9-2-4-13(15)16-7-9/h2-8,17H,1H2. The third kappa shape index (κ3) is 1.98. The molecule has 1 N–H and O–H groups in total. The molecule has 0 amide bonds. The molecule has 0 bridgehead atoms. The Balaban J connectivity index is 1.89. The Bertz CT molecular complexity index is 543. The van der Waals surface area contributed by atoms with Crippen LogP contribution in [0.2, 0.25) is 0 Å². The fraction of sp³-hybridized carbons (Fsp3) is 0.154. The van der Waals surface area contributed by atoms with E-state index in [9.17, 15) is 4.39 Å². The van der Waals surface area contributed by atoms with Crippen molar-refractivity contribution in [3.8, 4) is 0 Å². The average Bonchev–Trinajstić information content (AvgIpc) is 2.72. The molecule has 1 aliphatic heterocycles. The lowest BCUT2D eigenvalue weighted by molar-refractivity contribution is 0.583. The lowest BCUT2D eigenvalue weighted by Gasteiger charge is -2.13. The highest BCUT2D eigenvalue weighted by Crippen LogP contribution is 2.33. The first-order chi connectivity index (χ1) is 8.22. The predicted molar refractivity (Wildman–Crippen MR) is 65.4 cm³/mol. The summed E-state index contributed by atoms with van der Waals surface area (Å²) in [7, 11) is 0. The van der Waals surface area contributed by atoms with E-state index in [2.05, 4.69) is 16.4 Å². The number of rotatable bonds is 1. The molecule has 0 saturated heterocycles. The van der Waals surface area contributed by atoms with Gasteiger partial charge in [-0.1, -0.05) is 23.8 Å². The van der Waals surface area contributed by atoms with Crippen LogP contribution >= 0.6 is 11.6 Å². The maximum absolute atomic E-state index is 12.7. The van der Waals surface area contributed by atoms with E-state index in [-0.39, 0.29) is 0 Å². The molecule has 4 heteroatoms. The Morgan fingerprint density at radius 3 is 3.06 bits per heavy atom. The van der Waals surface area contributed by atoms with Crippen LogP contribution < -0.4 is 5.32 Å². The fourth-order valence-electron chi connectivity index (χ4n) is 2.07. The number of nitrogens with one attached hydrogen (secondary N) is 1. The van der Waals surface area contributed by atoms with Gasteiger partial charge in [0.05, 0.1) is 0 Å². The minimum absolute atomic E-state index is 0.345. The van der Waals surface area contributed by atoms with Crippen LogP contribution in [0.3, 0.4) is 0 Å². The highest BCUT2D eigenvalue weighted by molar-refractivity contribution is 6.31. The van der Waals surface area contributed by atoms with Crippen molar-refractivity contribution < 1.29 is 4.39 Å². The summed E-state index contributed by atoms with van der Waals surface area (Å²) in [4.78, 5) is 3.65. The molecule has 2 heterocycles. The van der Waals surface area contributed by atoms with Crippen molar-refractivity contribution >= 4 is 17.3 Å². The Kier molecular flexibility index (Phi) is 2.48. The Hall–Kier alpha value is -1.61. The third-order valence-corrected chi connectivity index (χ3v) is 3.21. The summed E-state index contributed by atoms with van der Waals surface area (Å²) in [5.41, 5.74) is 2.95. The maximum Gasteiger partial charge on any atom is 0.212 e. The van der Waals surface area contributed by atoms with Crippen molar-refractivity contribution in [3.05, 3.63) is 58.8 Å². The first kappa shape index (κ1) is 10.5. The summed E-state index contributed by atoms with van der Waals surface area (Å²) in [6.07, 6.45) is 8.48. The number of aromatic nitrogens is 1. The van der Waals surface area contributed by atoms with Crippen molar-refractivity contribution in [2.45, 2.75) is 6.42 Å². The quantitative estimate of drug-likeness (QED) is 0.772. The molecular weight excluding hydrogens is 239 g/mol. The summed E-state index contributed by atoms with van der Waals surface area (Å²) in [6, 6.07) is 3.08. The lowest BCUT2D eigenvalue weighted by Crippen LogP contribution is -2.11. The summed E-state index contributed by atoms with van der Waals surface area (Å²) in [5, 5.41) is 4.05. The van der Waals surface area contributed by atoms with Crippen LogP contribution in [0.4, 0.5) is 4.39 Å². The first-order valence-corrected chi connectivity index (χ1v) is 5.78. The molecular formula is C13H10ClFN2. The Morgan fingerprint density at radius 1 is 1.41 bits per heavy atom. The molecule has 0 saturated carbocycles. The van der Waals surface area contributed by atoms with E-state index in [1.54, 1.807) is 6.07 Å². The zero-order valence-electron chi connectivity index (χ0n) is 8.95. The number of pyridine rings is 1.